The van der Waals surface area contributed by atoms with E-state index in [9.17, 15) is 4.79 Å². The van der Waals surface area contributed by atoms with Crippen LogP contribution in [-0.4, -0.2) is 44.2 Å². The van der Waals surface area contributed by atoms with E-state index >= 15 is 0 Å². The molecule has 19 heavy (non-hydrogen) atoms. The number of oxime groups is 1. The molecular weight excluding hydrogens is 246 g/mol. The van der Waals surface area contributed by atoms with Crippen molar-refractivity contribution < 1.29 is 10.0 Å². The van der Waals surface area contributed by atoms with Gasteiger partial charge in [0.25, 0.3) is 5.91 Å². The number of nitrogens with zero attached hydrogens (tertiary/aromatic N) is 4. The van der Waals surface area contributed by atoms with Gasteiger partial charge in [-0.2, -0.15) is 5.10 Å². The van der Waals surface area contributed by atoms with Gasteiger partial charge < -0.3 is 15.8 Å². The number of aryl methyl sites for hydroxylation is 2. The van der Waals surface area contributed by atoms with E-state index in [1.165, 1.54) is 4.90 Å². The Morgan fingerprint density at radius 1 is 1.63 bits per heavy atom. The van der Waals surface area contributed by atoms with Crippen LogP contribution in [0.4, 0.5) is 0 Å². The number of carbonyl (C=O) groups excluding carboxylic acids is 1. The van der Waals surface area contributed by atoms with E-state index in [0.717, 1.165) is 5.69 Å². The lowest BCUT2D eigenvalue weighted by atomic mass is 10.2. The second-order valence-corrected chi connectivity index (χ2v) is 4.60. The van der Waals surface area contributed by atoms with Crippen LogP contribution in [0.15, 0.2) is 11.2 Å². The van der Waals surface area contributed by atoms with Gasteiger partial charge in [0.15, 0.2) is 5.84 Å². The maximum Gasteiger partial charge on any atom is 0.272 e. The molecule has 106 valence electrons. The van der Waals surface area contributed by atoms with Crippen LogP contribution in [0.3, 0.4) is 0 Å². The van der Waals surface area contributed by atoms with Gasteiger partial charge in [0.2, 0.25) is 0 Å². The molecule has 0 radical (unpaired) electrons. The Kier molecular flexibility index (Phi) is 4.91. The average molecular weight is 267 g/mol. The van der Waals surface area contributed by atoms with Crippen LogP contribution in [0.1, 0.15) is 37.0 Å². The third kappa shape index (κ3) is 3.46. The second-order valence-electron chi connectivity index (χ2n) is 4.60. The van der Waals surface area contributed by atoms with Crippen LogP contribution >= 0.6 is 0 Å². The minimum Gasteiger partial charge on any atom is -0.409 e. The third-order valence-corrected chi connectivity index (χ3v) is 2.77. The largest absolute Gasteiger partial charge is 0.409 e. The number of aromatic nitrogens is 2. The molecule has 1 aromatic heterocycles. The number of amidine groups is 1. The Morgan fingerprint density at radius 3 is 2.74 bits per heavy atom. The summed E-state index contributed by atoms with van der Waals surface area (Å²) in [4.78, 5) is 14.0. The molecule has 0 bridgehead atoms. The number of nitrogens with two attached hydrogens (primary N) is 1. The molecule has 1 rings (SSSR count). The van der Waals surface area contributed by atoms with Crippen LogP contribution in [0.2, 0.25) is 0 Å². The summed E-state index contributed by atoms with van der Waals surface area (Å²) in [6.45, 7) is 8.22. The molecule has 1 aromatic rings. The van der Waals surface area contributed by atoms with Gasteiger partial charge in [-0.1, -0.05) is 5.16 Å². The van der Waals surface area contributed by atoms with Gasteiger partial charge in [0.05, 0.1) is 12.2 Å². The van der Waals surface area contributed by atoms with Gasteiger partial charge in [-0.05, 0) is 33.8 Å². The fourth-order valence-electron chi connectivity index (χ4n) is 1.80. The number of hydrogen-bond acceptors (Lipinski definition) is 4. The Hall–Kier alpha value is -2.05. The Morgan fingerprint density at radius 2 is 2.26 bits per heavy atom. The highest BCUT2D eigenvalue weighted by Crippen LogP contribution is 2.10. The quantitative estimate of drug-likeness (QED) is 0.357. The smallest absolute Gasteiger partial charge is 0.272 e. The Balaban J connectivity index is 3.05. The van der Waals surface area contributed by atoms with Crippen LogP contribution in [0.5, 0.6) is 0 Å². The molecular formula is C12H21N5O2. The summed E-state index contributed by atoms with van der Waals surface area (Å²) in [5, 5.41) is 15.8. The minimum absolute atomic E-state index is 0.00124. The molecule has 0 aliphatic carbocycles. The molecule has 0 aliphatic heterocycles. The maximum atomic E-state index is 12.5. The summed E-state index contributed by atoms with van der Waals surface area (Å²) < 4.78 is 1.65. The first-order valence-corrected chi connectivity index (χ1v) is 6.22. The van der Waals surface area contributed by atoms with E-state index in [-0.39, 0.29) is 24.3 Å². The first kappa shape index (κ1) is 15.0. The van der Waals surface area contributed by atoms with Crippen LogP contribution in [0.25, 0.3) is 0 Å². The molecule has 0 saturated carbocycles. The van der Waals surface area contributed by atoms with Gasteiger partial charge in [-0.25, -0.2) is 0 Å². The second kappa shape index (κ2) is 6.21. The summed E-state index contributed by atoms with van der Waals surface area (Å²) in [5.74, 6) is -0.176. The highest BCUT2D eigenvalue weighted by Gasteiger charge is 2.23. The van der Waals surface area contributed by atoms with E-state index in [1.54, 1.807) is 10.7 Å². The monoisotopic (exact) mass is 267 g/mol. The van der Waals surface area contributed by atoms with Gasteiger partial charge in [-0.3, -0.25) is 9.48 Å². The normalized spacial score (nSPS) is 11.9. The van der Waals surface area contributed by atoms with Crippen molar-refractivity contribution in [3.05, 3.63) is 17.5 Å². The van der Waals surface area contributed by atoms with Gasteiger partial charge in [0.1, 0.15) is 5.69 Å². The van der Waals surface area contributed by atoms with Gasteiger partial charge in [0, 0.05) is 12.6 Å². The molecule has 0 saturated heterocycles. The van der Waals surface area contributed by atoms with Crippen LogP contribution in [-0.2, 0) is 6.54 Å². The lowest BCUT2D eigenvalue weighted by Gasteiger charge is -2.26. The minimum atomic E-state index is -0.177. The summed E-state index contributed by atoms with van der Waals surface area (Å²) in [6, 6.07) is 1.68. The molecule has 3 N–H and O–H groups in total. The SMILES string of the molecule is CCn1nc(C)cc1C(=O)N(CC(N)=NO)C(C)C. The molecule has 0 unspecified atom stereocenters. The van der Waals surface area contributed by atoms with Crippen LogP contribution in [0, 0.1) is 6.92 Å². The van der Waals surface area contributed by atoms with Gasteiger partial charge in [-0.15, -0.1) is 0 Å². The van der Waals surface area contributed by atoms with Crippen molar-refractivity contribution in [2.75, 3.05) is 6.54 Å². The summed E-state index contributed by atoms with van der Waals surface area (Å²) in [7, 11) is 0. The fraction of sp³-hybridized carbons (Fsp3) is 0.583. The zero-order valence-electron chi connectivity index (χ0n) is 11.8. The standard InChI is InChI=1S/C12H21N5O2/c1-5-17-10(6-9(4)14-17)12(18)16(8(2)3)7-11(13)15-19/h6,8,19H,5,7H2,1-4H3,(H2,13,15). The van der Waals surface area contributed by atoms with E-state index in [2.05, 4.69) is 10.3 Å². The van der Waals surface area contributed by atoms with Crippen molar-refractivity contribution >= 4 is 11.7 Å². The summed E-state index contributed by atoms with van der Waals surface area (Å²) >= 11 is 0. The highest BCUT2D eigenvalue weighted by atomic mass is 16.4. The molecule has 0 aromatic carbocycles. The third-order valence-electron chi connectivity index (χ3n) is 2.77. The van der Waals surface area contributed by atoms with Crippen molar-refractivity contribution in [1.82, 2.24) is 14.7 Å². The predicted octanol–water partition coefficient (Wildman–Crippen LogP) is 0.808. The first-order valence-electron chi connectivity index (χ1n) is 6.22. The van der Waals surface area contributed by atoms with Gasteiger partial charge >= 0.3 is 0 Å². The van der Waals surface area contributed by atoms with Crippen molar-refractivity contribution in [1.29, 1.82) is 0 Å². The topological polar surface area (TPSA) is 96.7 Å². The zero-order valence-corrected chi connectivity index (χ0v) is 11.8. The van der Waals surface area contributed by atoms with E-state index in [0.29, 0.717) is 12.2 Å². The fourth-order valence-corrected chi connectivity index (χ4v) is 1.80. The molecule has 1 heterocycles. The van der Waals surface area contributed by atoms with Crippen molar-refractivity contribution in [3.63, 3.8) is 0 Å². The zero-order chi connectivity index (χ0) is 14.6. The van der Waals surface area contributed by atoms with Crippen molar-refractivity contribution in [2.24, 2.45) is 10.9 Å². The number of carbonyl (C=O) groups is 1. The molecule has 7 nitrogen and oxygen atoms in total. The first-order chi connectivity index (χ1) is 8.90. The average Bonchev–Trinajstić information content (AvgIpc) is 2.75. The number of hydrogen-bond donors (Lipinski definition) is 2. The Bertz CT molecular complexity index is 478. The summed E-state index contributed by atoms with van der Waals surface area (Å²) in [5.41, 5.74) is 6.79. The number of amides is 1. The van der Waals surface area contributed by atoms with Crippen molar-refractivity contribution in [2.45, 2.75) is 40.3 Å². The maximum absolute atomic E-state index is 12.5. The van der Waals surface area contributed by atoms with E-state index in [4.69, 9.17) is 10.9 Å². The Labute approximate surface area is 112 Å². The lowest BCUT2D eigenvalue weighted by molar-refractivity contribution is 0.0721. The molecule has 0 spiro atoms. The molecule has 0 fully saturated rings. The molecule has 0 aliphatic rings. The number of rotatable bonds is 5. The molecule has 7 heteroatoms. The van der Waals surface area contributed by atoms with E-state index < -0.39 is 0 Å². The highest BCUT2D eigenvalue weighted by molar-refractivity contribution is 5.96. The van der Waals surface area contributed by atoms with Crippen molar-refractivity contribution in [3.8, 4) is 0 Å². The molecule has 1 amide bonds. The van der Waals surface area contributed by atoms with E-state index in [1.807, 2.05) is 27.7 Å². The molecule has 0 atom stereocenters. The lowest BCUT2D eigenvalue weighted by Crippen LogP contribution is -2.43. The summed E-state index contributed by atoms with van der Waals surface area (Å²) in [6.07, 6.45) is 0. The predicted molar refractivity (Wildman–Crippen MR) is 72.2 cm³/mol. The van der Waals surface area contributed by atoms with Crippen LogP contribution < -0.4 is 5.73 Å².